The van der Waals surface area contributed by atoms with Crippen molar-refractivity contribution in [2.45, 2.75) is 13.1 Å². The van der Waals surface area contributed by atoms with Crippen LogP contribution in [0.15, 0.2) is 166 Å². The Morgan fingerprint density at radius 2 is 1.16 bits per heavy atom. The normalized spacial score (nSPS) is 13.9. The van der Waals surface area contributed by atoms with E-state index in [4.69, 9.17) is 20.1 Å². The van der Waals surface area contributed by atoms with E-state index in [1.54, 1.807) is 0 Å². The number of rotatable bonds is 5. The lowest BCUT2D eigenvalue weighted by Crippen LogP contribution is -2.36. The van der Waals surface area contributed by atoms with E-state index in [0.717, 1.165) is 77.6 Å². The standard InChI is InChI=1S/C44H32N4O/c1-2-35(40-37-17-9-10-18-39(37)49-41(40)45)38-26-34(25-31-15-7-8-16-36(31)38)44-47-42(32-21-19-27-11-3-5-13-29(27)23-32)46-43(48-44)33-22-20-28-12-4-6-14-30(28)24-33/h2-26,44H,45H2,1H3,(H,46,47,48)/b35-2-. The van der Waals surface area contributed by atoms with Gasteiger partial charge >= 0.3 is 0 Å². The highest BCUT2D eigenvalue weighted by atomic mass is 16.3. The van der Waals surface area contributed by atoms with Gasteiger partial charge in [-0.05, 0) is 86.3 Å². The Balaban J connectivity index is 1.24. The molecule has 0 radical (unpaired) electrons. The fourth-order valence-electron chi connectivity index (χ4n) is 7.05. The molecule has 7 aromatic carbocycles. The number of nitrogens with zero attached hydrogens (tertiary/aromatic N) is 2. The first kappa shape index (κ1) is 28.7. The summed E-state index contributed by atoms with van der Waals surface area (Å²) in [6.07, 6.45) is 1.62. The van der Waals surface area contributed by atoms with Crippen molar-refractivity contribution in [3.8, 4) is 0 Å². The van der Waals surface area contributed by atoms with Crippen LogP contribution in [0.1, 0.15) is 40.9 Å². The minimum Gasteiger partial charge on any atom is -0.440 e. The summed E-state index contributed by atoms with van der Waals surface area (Å²) in [5, 5.41) is 11.5. The van der Waals surface area contributed by atoms with Gasteiger partial charge in [0.2, 0.25) is 0 Å². The number of anilines is 1. The van der Waals surface area contributed by atoms with Crippen molar-refractivity contribution in [3.63, 3.8) is 0 Å². The third-order valence-electron chi connectivity index (χ3n) is 9.44. The molecule has 8 aromatic rings. The molecule has 0 fully saturated rings. The predicted molar refractivity (Wildman–Crippen MR) is 204 cm³/mol. The topological polar surface area (TPSA) is 75.9 Å². The Bertz CT molecular complexity index is 2580. The van der Waals surface area contributed by atoms with Crippen LogP contribution >= 0.6 is 0 Å². The molecule has 0 bridgehead atoms. The lowest BCUT2D eigenvalue weighted by Gasteiger charge is -2.24. The summed E-state index contributed by atoms with van der Waals surface area (Å²) in [6, 6.07) is 50.6. The Labute approximate surface area is 283 Å². The maximum Gasteiger partial charge on any atom is 0.199 e. The van der Waals surface area contributed by atoms with E-state index >= 15 is 0 Å². The van der Waals surface area contributed by atoms with Crippen LogP contribution in [0.5, 0.6) is 0 Å². The second-order valence-corrected chi connectivity index (χ2v) is 12.4. The number of aliphatic imine (C=N–C) groups is 2. The van der Waals surface area contributed by atoms with Gasteiger partial charge in [0, 0.05) is 16.5 Å². The van der Waals surface area contributed by atoms with Crippen LogP contribution in [0.2, 0.25) is 0 Å². The molecule has 5 nitrogen and oxygen atoms in total. The molecule has 5 heteroatoms. The lowest BCUT2D eigenvalue weighted by molar-refractivity contribution is 0.636. The fraction of sp³-hybridized carbons (Fsp3) is 0.0455. The second-order valence-electron chi connectivity index (χ2n) is 12.4. The van der Waals surface area contributed by atoms with Gasteiger partial charge in [-0.3, -0.25) is 0 Å². The summed E-state index contributed by atoms with van der Waals surface area (Å²) in [5.41, 5.74) is 13.3. The van der Waals surface area contributed by atoms with Crippen molar-refractivity contribution in [1.82, 2.24) is 5.32 Å². The van der Waals surface area contributed by atoms with E-state index in [2.05, 4.69) is 146 Å². The van der Waals surface area contributed by atoms with Gasteiger partial charge in [0.15, 0.2) is 12.0 Å². The monoisotopic (exact) mass is 632 g/mol. The average Bonchev–Trinajstić information content (AvgIpc) is 3.49. The van der Waals surface area contributed by atoms with Crippen molar-refractivity contribution < 1.29 is 4.42 Å². The molecule has 0 unspecified atom stereocenters. The van der Waals surface area contributed by atoms with Crippen LogP contribution in [-0.4, -0.2) is 11.7 Å². The van der Waals surface area contributed by atoms with Gasteiger partial charge < -0.3 is 15.5 Å². The van der Waals surface area contributed by atoms with Gasteiger partial charge in [-0.25, -0.2) is 9.98 Å². The van der Waals surface area contributed by atoms with Crippen LogP contribution < -0.4 is 11.1 Å². The number of fused-ring (bicyclic) bond motifs is 4. The average molecular weight is 633 g/mol. The summed E-state index contributed by atoms with van der Waals surface area (Å²) in [4.78, 5) is 10.6. The van der Waals surface area contributed by atoms with Crippen LogP contribution in [0, 0.1) is 0 Å². The molecule has 234 valence electrons. The summed E-state index contributed by atoms with van der Waals surface area (Å²) >= 11 is 0. The van der Waals surface area contributed by atoms with E-state index in [0.29, 0.717) is 5.88 Å². The predicted octanol–water partition coefficient (Wildman–Crippen LogP) is 10.4. The highest BCUT2D eigenvalue weighted by molar-refractivity contribution is 6.17. The lowest BCUT2D eigenvalue weighted by atomic mass is 9.90. The fourth-order valence-corrected chi connectivity index (χ4v) is 7.05. The van der Waals surface area contributed by atoms with Crippen molar-refractivity contribution in [3.05, 3.63) is 179 Å². The van der Waals surface area contributed by atoms with Gasteiger partial charge in [-0.15, -0.1) is 0 Å². The molecule has 3 N–H and O–H groups in total. The Morgan fingerprint density at radius 3 is 1.80 bits per heavy atom. The van der Waals surface area contributed by atoms with E-state index < -0.39 is 6.17 Å². The molecule has 0 saturated carbocycles. The van der Waals surface area contributed by atoms with Crippen LogP contribution in [0.4, 0.5) is 5.88 Å². The number of benzene rings is 7. The third-order valence-corrected chi connectivity index (χ3v) is 9.44. The molecule has 0 saturated heterocycles. The van der Waals surface area contributed by atoms with E-state index in [-0.39, 0.29) is 0 Å². The number of amidine groups is 2. The first-order chi connectivity index (χ1) is 24.1. The molecular weight excluding hydrogens is 601 g/mol. The summed E-state index contributed by atoms with van der Waals surface area (Å²) in [7, 11) is 0. The quantitative estimate of drug-likeness (QED) is 0.198. The minimum atomic E-state index is -0.496. The highest BCUT2D eigenvalue weighted by Crippen LogP contribution is 2.41. The van der Waals surface area contributed by atoms with E-state index in [9.17, 15) is 0 Å². The maximum atomic E-state index is 6.58. The van der Waals surface area contributed by atoms with Crippen LogP contribution in [0.25, 0.3) is 48.9 Å². The van der Waals surface area contributed by atoms with E-state index in [1.807, 2.05) is 18.2 Å². The summed E-state index contributed by atoms with van der Waals surface area (Å²) in [6.45, 7) is 2.05. The second kappa shape index (κ2) is 11.7. The largest absolute Gasteiger partial charge is 0.440 e. The smallest absolute Gasteiger partial charge is 0.199 e. The van der Waals surface area contributed by atoms with Gasteiger partial charge in [0.05, 0.1) is 5.56 Å². The zero-order chi connectivity index (χ0) is 32.9. The molecule has 49 heavy (non-hydrogen) atoms. The molecule has 0 aliphatic carbocycles. The SMILES string of the molecule is C/C=C(/c1cc(C2N=C(c3ccc4ccccc4c3)NC(c3ccc4ccccc4c3)=N2)cc2ccccc12)c1c(N)oc2ccccc12. The number of nitrogens with one attached hydrogen (secondary N) is 1. The number of allylic oxidation sites excluding steroid dienone is 1. The van der Waals surface area contributed by atoms with Gasteiger partial charge in [0.1, 0.15) is 17.3 Å². The number of para-hydroxylation sites is 1. The molecule has 1 aromatic heterocycles. The van der Waals surface area contributed by atoms with E-state index in [1.165, 1.54) is 10.8 Å². The molecule has 0 amide bonds. The number of hydrogen-bond acceptors (Lipinski definition) is 5. The molecule has 0 spiro atoms. The molecule has 9 rings (SSSR count). The Hall–Kier alpha value is -6.46. The number of hydrogen-bond donors (Lipinski definition) is 2. The maximum absolute atomic E-state index is 6.58. The highest BCUT2D eigenvalue weighted by Gasteiger charge is 2.24. The molecular formula is C44H32N4O. The molecule has 1 aliphatic heterocycles. The van der Waals surface area contributed by atoms with Crippen molar-refractivity contribution in [2.75, 3.05) is 5.73 Å². The van der Waals surface area contributed by atoms with Gasteiger partial charge in [-0.1, -0.05) is 121 Å². The zero-order valence-corrected chi connectivity index (χ0v) is 26.9. The number of nitrogen functional groups attached to an aromatic ring is 1. The summed E-state index contributed by atoms with van der Waals surface area (Å²) < 4.78 is 6.03. The van der Waals surface area contributed by atoms with Crippen molar-refractivity contribution in [1.29, 1.82) is 0 Å². The van der Waals surface area contributed by atoms with Crippen LogP contribution in [0.3, 0.4) is 0 Å². The molecule has 0 atom stereocenters. The first-order valence-electron chi connectivity index (χ1n) is 16.5. The number of furan rings is 1. The number of nitrogens with two attached hydrogens (primary N) is 1. The van der Waals surface area contributed by atoms with Crippen molar-refractivity contribution in [2.24, 2.45) is 9.98 Å². The Kier molecular flexibility index (Phi) is 6.83. The van der Waals surface area contributed by atoms with Crippen molar-refractivity contribution >= 4 is 66.4 Å². The van der Waals surface area contributed by atoms with Gasteiger partial charge in [-0.2, -0.15) is 0 Å². The first-order valence-corrected chi connectivity index (χ1v) is 16.5. The summed E-state index contributed by atoms with van der Waals surface area (Å²) in [5.74, 6) is 1.96. The zero-order valence-electron chi connectivity index (χ0n) is 26.9. The minimum absolute atomic E-state index is 0.402. The third kappa shape index (κ3) is 5.04. The molecule has 2 heterocycles. The van der Waals surface area contributed by atoms with Crippen LogP contribution in [-0.2, 0) is 0 Å². The molecule has 1 aliphatic rings. The van der Waals surface area contributed by atoms with Gasteiger partial charge in [0.25, 0.3) is 0 Å². The Morgan fingerprint density at radius 1 is 0.612 bits per heavy atom.